The molecule has 0 bridgehead atoms. The SMILES string of the molecule is CC(C1CCOC1)N1CC2CCCC(N)C2C1. The lowest BCUT2D eigenvalue weighted by atomic mass is 9.78. The van der Waals surface area contributed by atoms with Gasteiger partial charge < -0.3 is 10.5 Å². The summed E-state index contributed by atoms with van der Waals surface area (Å²) >= 11 is 0. The van der Waals surface area contributed by atoms with Crippen molar-refractivity contribution in [3.8, 4) is 0 Å². The van der Waals surface area contributed by atoms with Crippen molar-refractivity contribution in [1.29, 1.82) is 0 Å². The molecule has 17 heavy (non-hydrogen) atoms. The highest BCUT2D eigenvalue weighted by molar-refractivity contribution is 4.95. The quantitative estimate of drug-likeness (QED) is 0.792. The average molecular weight is 238 g/mol. The third kappa shape index (κ3) is 2.25. The van der Waals surface area contributed by atoms with Crippen molar-refractivity contribution in [1.82, 2.24) is 4.90 Å². The summed E-state index contributed by atoms with van der Waals surface area (Å²) in [5, 5.41) is 0. The molecule has 3 rings (SSSR count). The number of hydrogen-bond acceptors (Lipinski definition) is 3. The van der Waals surface area contributed by atoms with E-state index in [1.807, 2.05) is 0 Å². The van der Waals surface area contributed by atoms with Crippen molar-refractivity contribution in [2.75, 3.05) is 26.3 Å². The number of nitrogens with zero attached hydrogens (tertiary/aromatic N) is 1. The normalized spacial score (nSPS) is 44.8. The Morgan fingerprint density at radius 2 is 2.12 bits per heavy atom. The first-order valence-corrected chi connectivity index (χ1v) is 7.33. The largest absolute Gasteiger partial charge is 0.381 e. The molecular weight excluding hydrogens is 212 g/mol. The van der Waals surface area contributed by atoms with Gasteiger partial charge >= 0.3 is 0 Å². The van der Waals surface area contributed by atoms with Gasteiger partial charge in [0.2, 0.25) is 0 Å². The van der Waals surface area contributed by atoms with Gasteiger partial charge in [-0.15, -0.1) is 0 Å². The molecule has 0 spiro atoms. The molecule has 3 nitrogen and oxygen atoms in total. The third-order valence-electron chi connectivity index (χ3n) is 5.41. The zero-order valence-corrected chi connectivity index (χ0v) is 11.0. The van der Waals surface area contributed by atoms with Crippen LogP contribution in [0.1, 0.15) is 32.6 Å². The van der Waals surface area contributed by atoms with E-state index in [0.717, 1.165) is 31.0 Å². The fourth-order valence-corrected chi connectivity index (χ4v) is 4.12. The summed E-state index contributed by atoms with van der Waals surface area (Å²) in [6, 6.07) is 1.15. The Hall–Kier alpha value is -0.120. The van der Waals surface area contributed by atoms with Crippen LogP contribution in [0.3, 0.4) is 0 Å². The maximum absolute atomic E-state index is 6.28. The predicted octanol–water partition coefficient (Wildman–Crippen LogP) is 1.47. The lowest BCUT2D eigenvalue weighted by Gasteiger charge is -2.30. The van der Waals surface area contributed by atoms with Crippen LogP contribution in [0.4, 0.5) is 0 Å². The maximum atomic E-state index is 6.28. The van der Waals surface area contributed by atoms with E-state index in [9.17, 15) is 0 Å². The summed E-state index contributed by atoms with van der Waals surface area (Å²) in [6.45, 7) is 6.86. The van der Waals surface area contributed by atoms with Crippen molar-refractivity contribution in [3.05, 3.63) is 0 Å². The second-order valence-electron chi connectivity index (χ2n) is 6.34. The molecule has 1 saturated carbocycles. The first-order valence-electron chi connectivity index (χ1n) is 7.33. The van der Waals surface area contributed by atoms with E-state index in [4.69, 9.17) is 10.5 Å². The lowest BCUT2D eigenvalue weighted by Crippen LogP contribution is -2.40. The molecule has 5 atom stereocenters. The van der Waals surface area contributed by atoms with Crippen LogP contribution in [0.15, 0.2) is 0 Å². The van der Waals surface area contributed by atoms with Crippen LogP contribution >= 0.6 is 0 Å². The van der Waals surface area contributed by atoms with Gasteiger partial charge in [-0.2, -0.15) is 0 Å². The molecule has 3 aliphatic rings. The Bertz CT molecular complexity index is 265. The minimum atomic E-state index is 0.464. The van der Waals surface area contributed by atoms with Crippen LogP contribution in [-0.2, 0) is 4.74 Å². The lowest BCUT2D eigenvalue weighted by molar-refractivity contribution is 0.140. The highest BCUT2D eigenvalue weighted by atomic mass is 16.5. The van der Waals surface area contributed by atoms with Crippen molar-refractivity contribution in [2.45, 2.75) is 44.7 Å². The van der Waals surface area contributed by atoms with Gasteiger partial charge in [0.25, 0.3) is 0 Å². The minimum Gasteiger partial charge on any atom is -0.381 e. The summed E-state index contributed by atoms with van der Waals surface area (Å²) in [6.07, 6.45) is 5.24. The fraction of sp³-hybridized carbons (Fsp3) is 1.00. The monoisotopic (exact) mass is 238 g/mol. The molecule has 2 saturated heterocycles. The van der Waals surface area contributed by atoms with E-state index in [2.05, 4.69) is 11.8 Å². The molecule has 2 aliphatic heterocycles. The average Bonchev–Trinajstić information content (AvgIpc) is 2.98. The molecule has 0 radical (unpaired) electrons. The van der Waals surface area contributed by atoms with Crippen LogP contribution in [0.5, 0.6) is 0 Å². The van der Waals surface area contributed by atoms with Crippen LogP contribution in [0.25, 0.3) is 0 Å². The van der Waals surface area contributed by atoms with Crippen molar-refractivity contribution in [3.63, 3.8) is 0 Å². The fourth-order valence-electron chi connectivity index (χ4n) is 4.12. The number of fused-ring (bicyclic) bond motifs is 1. The molecule has 2 heterocycles. The molecule has 0 aromatic heterocycles. The molecule has 5 unspecified atom stereocenters. The maximum Gasteiger partial charge on any atom is 0.0509 e. The number of likely N-dealkylation sites (tertiary alicyclic amines) is 1. The predicted molar refractivity (Wildman–Crippen MR) is 68.8 cm³/mol. The second-order valence-corrected chi connectivity index (χ2v) is 6.34. The molecule has 0 aromatic carbocycles. The van der Waals surface area contributed by atoms with E-state index in [1.54, 1.807) is 0 Å². The van der Waals surface area contributed by atoms with Crippen molar-refractivity contribution in [2.24, 2.45) is 23.5 Å². The van der Waals surface area contributed by atoms with Gasteiger partial charge in [0.05, 0.1) is 6.61 Å². The summed E-state index contributed by atoms with van der Waals surface area (Å²) in [7, 11) is 0. The summed E-state index contributed by atoms with van der Waals surface area (Å²) < 4.78 is 5.53. The van der Waals surface area contributed by atoms with Gasteiger partial charge in [-0.3, -0.25) is 4.90 Å². The Labute approximate surface area is 105 Å². The zero-order chi connectivity index (χ0) is 11.8. The van der Waals surface area contributed by atoms with Gasteiger partial charge in [0.1, 0.15) is 0 Å². The number of hydrogen-bond donors (Lipinski definition) is 1. The zero-order valence-electron chi connectivity index (χ0n) is 11.0. The van der Waals surface area contributed by atoms with E-state index in [0.29, 0.717) is 12.1 Å². The number of ether oxygens (including phenoxy) is 1. The summed E-state index contributed by atoms with van der Waals surface area (Å²) in [4.78, 5) is 2.69. The summed E-state index contributed by atoms with van der Waals surface area (Å²) in [5.41, 5.74) is 6.28. The molecule has 2 N–H and O–H groups in total. The summed E-state index contributed by atoms with van der Waals surface area (Å²) in [5.74, 6) is 2.41. The van der Waals surface area contributed by atoms with Crippen molar-refractivity contribution >= 4 is 0 Å². The Morgan fingerprint density at radius 1 is 1.24 bits per heavy atom. The Balaban J connectivity index is 1.62. The van der Waals surface area contributed by atoms with Gasteiger partial charge in [-0.25, -0.2) is 0 Å². The van der Waals surface area contributed by atoms with Crippen LogP contribution in [0.2, 0.25) is 0 Å². The Morgan fingerprint density at radius 3 is 2.82 bits per heavy atom. The minimum absolute atomic E-state index is 0.464. The smallest absolute Gasteiger partial charge is 0.0509 e. The first-order chi connectivity index (χ1) is 8.25. The van der Waals surface area contributed by atoms with Gasteiger partial charge in [-0.1, -0.05) is 6.42 Å². The molecule has 0 amide bonds. The highest BCUT2D eigenvalue weighted by Crippen LogP contribution is 2.37. The molecule has 98 valence electrons. The second kappa shape index (κ2) is 4.87. The van der Waals surface area contributed by atoms with E-state index >= 15 is 0 Å². The van der Waals surface area contributed by atoms with E-state index in [-0.39, 0.29) is 0 Å². The molecule has 3 fully saturated rings. The topological polar surface area (TPSA) is 38.5 Å². The van der Waals surface area contributed by atoms with Gasteiger partial charge in [0.15, 0.2) is 0 Å². The van der Waals surface area contributed by atoms with Crippen LogP contribution < -0.4 is 5.73 Å². The van der Waals surface area contributed by atoms with Gasteiger partial charge in [0, 0.05) is 31.8 Å². The molecule has 3 heteroatoms. The van der Waals surface area contributed by atoms with Crippen LogP contribution in [-0.4, -0.2) is 43.3 Å². The van der Waals surface area contributed by atoms with Gasteiger partial charge in [-0.05, 0) is 43.9 Å². The molecular formula is C14H26N2O. The van der Waals surface area contributed by atoms with Crippen LogP contribution in [0, 0.1) is 17.8 Å². The Kier molecular flexibility index (Phi) is 3.42. The van der Waals surface area contributed by atoms with Crippen molar-refractivity contribution < 1.29 is 4.74 Å². The first kappa shape index (κ1) is 11.9. The molecule has 0 aromatic rings. The number of rotatable bonds is 2. The highest BCUT2D eigenvalue weighted by Gasteiger charge is 2.41. The third-order valence-corrected chi connectivity index (χ3v) is 5.41. The standard InChI is InChI=1S/C14H26N2O/c1-10(12-5-6-17-9-12)16-7-11-3-2-4-14(15)13(11)8-16/h10-14H,2-9,15H2,1H3. The van der Waals surface area contributed by atoms with E-state index in [1.165, 1.54) is 38.8 Å². The number of nitrogens with two attached hydrogens (primary N) is 1. The van der Waals surface area contributed by atoms with E-state index < -0.39 is 0 Å². The molecule has 1 aliphatic carbocycles.